The molecule has 0 radical (unpaired) electrons. The second-order valence-electron chi connectivity index (χ2n) is 4.73. The fourth-order valence-electron chi connectivity index (χ4n) is 2.13. The molecular weight excluding hydrogens is 214 g/mol. The lowest BCUT2D eigenvalue weighted by molar-refractivity contribution is -0.131. The molecule has 1 aromatic heterocycles. The minimum absolute atomic E-state index is 0.142. The molecule has 1 amide bonds. The van der Waals surface area contributed by atoms with E-state index in [9.17, 15) is 4.79 Å². The van der Waals surface area contributed by atoms with Gasteiger partial charge in [0.1, 0.15) is 0 Å². The predicted octanol–water partition coefficient (Wildman–Crippen LogP) is 0.882. The van der Waals surface area contributed by atoms with Gasteiger partial charge in [0, 0.05) is 31.0 Å². The van der Waals surface area contributed by atoms with Gasteiger partial charge in [0.15, 0.2) is 0 Å². The summed E-state index contributed by atoms with van der Waals surface area (Å²) in [4.78, 5) is 18.1. The predicted molar refractivity (Wildman–Crippen MR) is 66.5 cm³/mol. The van der Waals surface area contributed by atoms with Gasteiger partial charge in [-0.15, -0.1) is 0 Å². The molecule has 0 bridgehead atoms. The van der Waals surface area contributed by atoms with Crippen molar-refractivity contribution in [2.45, 2.75) is 32.2 Å². The van der Waals surface area contributed by atoms with Gasteiger partial charge in [0.2, 0.25) is 5.91 Å². The highest BCUT2D eigenvalue weighted by molar-refractivity contribution is 5.78. The molecule has 1 aliphatic heterocycles. The number of pyridine rings is 1. The first kappa shape index (κ1) is 12.0. The van der Waals surface area contributed by atoms with Crippen molar-refractivity contribution in [3.63, 3.8) is 0 Å². The monoisotopic (exact) mass is 233 g/mol. The molecule has 1 saturated heterocycles. The van der Waals surface area contributed by atoms with Crippen molar-refractivity contribution in [3.05, 3.63) is 29.6 Å². The first-order valence-corrected chi connectivity index (χ1v) is 6.10. The quantitative estimate of drug-likeness (QED) is 0.825. The first-order valence-electron chi connectivity index (χ1n) is 6.10. The summed E-state index contributed by atoms with van der Waals surface area (Å²) in [5.41, 5.74) is 7.82. The largest absolute Gasteiger partial charge is 0.341 e. The molecule has 1 fully saturated rings. The van der Waals surface area contributed by atoms with Crippen LogP contribution in [0.4, 0.5) is 0 Å². The summed E-state index contributed by atoms with van der Waals surface area (Å²) in [6.45, 7) is 3.47. The number of rotatable bonds is 2. The van der Waals surface area contributed by atoms with Crippen molar-refractivity contribution in [1.82, 2.24) is 9.88 Å². The number of aryl methyl sites for hydroxylation is 1. The summed E-state index contributed by atoms with van der Waals surface area (Å²) in [7, 11) is 0. The molecule has 0 spiro atoms. The van der Waals surface area contributed by atoms with Gasteiger partial charge in [0.05, 0.1) is 6.42 Å². The Kier molecular flexibility index (Phi) is 3.74. The summed E-state index contributed by atoms with van der Waals surface area (Å²) in [5, 5.41) is 0. The Morgan fingerprint density at radius 3 is 3.06 bits per heavy atom. The number of amides is 1. The van der Waals surface area contributed by atoms with Crippen molar-refractivity contribution >= 4 is 5.91 Å². The lowest BCUT2D eigenvalue weighted by atomic mass is 10.1. The molecule has 0 saturated carbocycles. The maximum atomic E-state index is 12.0. The SMILES string of the molecule is Cc1ccc(CC(=O)N2CCCC(N)C2)cn1. The van der Waals surface area contributed by atoms with E-state index in [1.165, 1.54) is 0 Å². The van der Waals surface area contributed by atoms with Gasteiger partial charge >= 0.3 is 0 Å². The second-order valence-corrected chi connectivity index (χ2v) is 4.73. The Morgan fingerprint density at radius 1 is 1.59 bits per heavy atom. The molecule has 17 heavy (non-hydrogen) atoms. The Bertz CT molecular complexity index is 388. The van der Waals surface area contributed by atoms with Crippen LogP contribution in [0.5, 0.6) is 0 Å². The van der Waals surface area contributed by atoms with Crippen molar-refractivity contribution in [2.75, 3.05) is 13.1 Å². The molecule has 4 heteroatoms. The lowest BCUT2D eigenvalue weighted by Gasteiger charge is -2.30. The number of piperidine rings is 1. The third-order valence-electron chi connectivity index (χ3n) is 3.14. The van der Waals surface area contributed by atoms with Gasteiger partial charge in [-0.3, -0.25) is 9.78 Å². The Balaban J connectivity index is 1.94. The smallest absolute Gasteiger partial charge is 0.227 e. The third-order valence-corrected chi connectivity index (χ3v) is 3.14. The molecule has 92 valence electrons. The van der Waals surface area contributed by atoms with Gasteiger partial charge < -0.3 is 10.6 Å². The maximum absolute atomic E-state index is 12.0. The average molecular weight is 233 g/mol. The van der Waals surface area contributed by atoms with E-state index in [4.69, 9.17) is 5.73 Å². The van der Waals surface area contributed by atoms with Crippen LogP contribution in [0.1, 0.15) is 24.1 Å². The summed E-state index contributed by atoms with van der Waals surface area (Å²) >= 11 is 0. The standard InChI is InChI=1S/C13H19N3O/c1-10-4-5-11(8-15-10)7-13(17)16-6-2-3-12(14)9-16/h4-5,8,12H,2-3,6-7,9,14H2,1H3. The van der Waals surface area contributed by atoms with Gasteiger partial charge in [-0.2, -0.15) is 0 Å². The van der Waals surface area contributed by atoms with Crippen molar-refractivity contribution in [3.8, 4) is 0 Å². The van der Waals surface area contributed by atoms with Gasteiger partial charge in [0.25, 0.3) is 0 Å². The van der Waals surface area contributed by atoms with Crippen LogP contribution in [-0.2, 0) is 11.2 Å². The molecule has 1 unspecified atom stereocenters. The van der Waals surface area contributed by atoms with Crippen molar-refractivity contribution < 1.29 is 4.79 Å². The molecule has 1 atom stereocenters. The Labute approximate surface area is 102 Å². The fraction of sp³-hybridized carbons (Fsp3) is 0.538. The van der Waals surface area contributed by atoms with E-state index >= 15 is 0 Å². The van der Waals surface area contributed by atoms with Crippen LogP contribution >= 0.6 is 0 Å². The van der Waals surface area contributed by atoms with Crippen molar-refractivity contribution in [1.29, 1.82) is 0 Å². The summed E-state index contributed by atoms with van der Waals surface area (Å²) < 4.78 is 0. The average Bonchev–Trinajstić information content (AvgIpc) is 2.32. The minimum atomic E-state index is 0.142. The van der Waals surface area contributed by atoms with Crippen LogP contribution in [0, 0.1) is 6.92 Å². The van der Waals surface area contributed by atoms with E-state index in [-0.39, 0.29) is 11.9 Å². The van der Waals surface area contributed by atoms with Crippen LogP contribution in [0.15, 0.2) is 18.3 Å². The minimum Gasteiger partial charge on any atom is -0.341 e. The molecule has 4 nitrogen and oxygen atoms in total. The summed E-state index contributed by atoms with van der Waals surface area (Å²) in [5.74, 6) is 0.158. The number of nitrogens with zero attached hydrogens (tertiary/aromatic N) is 2. The highest BCUT2D eigenvalue weighted by atomic mass is 16.2. The van der Waals surface area contributed by atoms with E-state index in [1.807, 2.05) is 24.0 Å². The summed E-state index contributed by atoms with van der Waals surface area (Å²) in [6, 6.07) is 4.04. The first-order chi connectivity index (χ1) is 8.15. The number of carbonyl (C=O) groups excluding carboxylic acids is 1. The van der Waals surface area contributed by atoms with Crippen LogP contribution in [-0.4, -0.2) is 34.9 Å². The Morgan fingerprint density at radius 2 is 2.41 bits per heavy atom. The Hall–Kier alpha value is -1.42. The van der Waals surface area contributed by atoms with Crippen LogP contribution in [0.2, 0.25) is 0 Å². The van der Waals surface area contributed by atoms with E-state index < -0.39 is 0 Å². The third kappa shape index (κ3) is 3.27. The zero-order chi connectivity index (χ0) is 12.3. The zero-order valence-corrected chi connectivity index (χ0v) is 10.2. The maximum Gasteiger partial charge on any atom is 0.227 e. The highest BCUT2D eigenvalue weighted by Gasteiger charge is 2.21. The van der Waals surface area contributed by atoms with Gasteiger partial charge in [-0.1, -0.05) is 6.07 Å². The highest BCUT2D eigenvalue weighted by Crippen LogP contribution is 2.10. The normalized spacial score (nSPS) is 20.4. The van der Waals surface area contributed by atoms with Crippen molar-refractivity contribution in [2.24, 2.45) is 5.73 Å². The van der Waals surface area contributed by atoms with Crippen LogP contribution < -0.4 is 5.73 Å². The van der Waals surface area contributed by atoms with E-state index in [2.05, 4.69) is 4.98 Å². The lowest BCUT2D eigenvalue weighted by Crippen LogP contribution is -2.46. The number of likely N-dealkylation sites (tertiary alicyclic amines) is 1. The summed E-state index contributed by atoms with van der Waals surface area (Å²) in [6.07, 6.45) is 4.24. The molecule has 1 aliphatic rings. The number of carbonyl (C=O) groups is 1. The number of hydrogen-bond donors (Lipinski definition) is 1. The molecule has 1 aromatic rings. The van der Waals surface area contributed by atoms with E-state index in [0.717, 1.165) is 30.6 Å². The van der Waals surface area contributed by atoms with Crippen LogP contribution in [0.25, 0.3) is 0 Å². The molecule has 2 rings (SSSR count). The van der Waals surface area contributed by atoms with E-state index in [0.29, 0.717) is 13.0 Å². The fourth-order valence-corrected chi connectivity index (χ4v) is 2.13. The zero-order valence-electron chi connectivity index (χ0n) is 10.2. The molecular formula is C13H19N3O. The topological polar surface area (TPSA) is 59.2 Å². The molecule has 0 aromatic carbocycles. The molecule has 2 heterocycles. The van der Waals surface area contributed by atoms with Crippen LogP contribution in [0.3, 0.4) is 0 Å². The van der Waals surface area contributed by atoms with Gasteiger partial charge in [-0.05, 0) is 31.4 Å². The molecule has 2 N–H and O–H groups in total. The number of aromatic nitrogens is 1. The number of hydrogen-bond acceptors (Lipinski definition) is 3. The molecule has 0 aliphatic carbocycles. The van der Waals surface area contributed by atoms with E-state index in [1.54, 1.807) is 6.20 Å². The van der Waals surface area contributed by atoms with Gasteiger partial charge in [-0.25, -0.2) is 0 Å². The number of nitrogens with two attached hydrogens (primary N) is 1. The second kappa shape index (κ2) is 5.27.